The minimum atomic E-state index is -0.250. The number of carbonyl (C=O) groups excluding carboxylic acids is 1. The molecule has 0 spiro atoms. The van der Waals surface area contributed by atoms with E-state index in [9.17, 15) is 4.79 Å². The first-order valence-electron chi connectivity index (χ1n) is 8.84. The first-order chi connectivity index (χ1) is 14.6. The second-order valence-corrected chi connectivity index (χ2v) is 8.58. The average Bonchev–Trinajstić information content (AvgIpc) is 3.39. The maximum atomic E-state index is 12.3. The zero-order chi connectivity index (χ0) is 20.9. The number of nitrogen functional groups attached to an aromatic ring is 1. The van der Waals surface area contributed by atoms with Crippen molar-refractivity contribution in [2.45, 2.75) is 17.5 Å². The van der Waals surface area contributed by atoms with Crippen LogP contribution < -0.4 is 11.2 Å². The van der Waals surface area contributed by atoms with Gasteiger partial charge in [-0.25, -0.2) is 4.68 Å². The molecular formula is C19H16ClN7OS2. The molecule has 3 N–H and O–H groups in total. The molecule has 0 radical (unpaired) electrons. The maximum Gasteiger partial charge on any atom is 0.282 e. The van der Waals surface area contributed by atoms with Gasteiger partial charge in [-0.2, -0.15) is 0 Å². The Kier molecular flexibility index (Phi) is 6.26. The van der Waals surface area contributed by atoms with Crippen molar-refractivity contribution >= 4 is 40.6 Å². The highest BCUT2D eigenvalue weighted by atomic mass is 35.5. The van der Waals surface area contributed by atoms with E-state index in [-0.39, 0.29) is 5.91 Å². The van der Waals surface area contributed by atoms with Crippen LogP contribution >= 0.6 is 34.7 Å². The first kappa shape index (κ1) is 20.3. The Bertz CT molecular complexity index is 1150. The van der Waals surface area contributed by atoms with Crippen LogP contribution in [-0.2, 0) is 12.3 Å². The van der Waals surface area contributed by atoms with Crippen LogP contribution in [0, 0.1) is 0 Å². The fourth-order valence-corrected chi connectivity index (χ4v) is 4.28. The summed E-state index contributed by atoms with van der Waals surface area (Å²) in [5.74, 6) is 6.88. The zero-order valence-electron chi connectivity index (χ0n) is 15.5. The number of hydrogen-bond donors (Lipinski definition) is 2. The van der Waals surface area contributed by atoms with E-state index < -0.39 is 0 Å². The Balaban J connectivity index is 1.35. The summed E-state index contributed by atoms with van der Waals surface area (Å²) in [4.78, 5) is 12.3. The monoisotopic (exact) mass is 457 g/mol. The molecule has 0 atom stereocenters. The summed E-state index contributed by atoms with van der Waals surface area (Å²) in [6, 6.07) is 16.9. The quantitative estimate of drug-likeness (QED) is 0.323. The molecule has 1 amide bonds. The van der Waals surface area contributed by atoms with Crippen LogP contribution in [0.2, 0.25) is 5.02 Å². The molecule has 152 valence electrons. The lowest BCUT2D eigenvalue weighted by molar-refractivity contribution is 0.0950. The molecule has 4 rings (SSSR count). The molecule has 0 aliphatic carbocycles. The van der Waals surface area contributed by atoms with Crippen LogP contribution in [-0.4, -0.2) is 31.0 Å². The molecule has 0 saturated carbocycles. The summed E-state index contributed by atoms with van der Waals surface area (Å²) in [7, 11) is 0. The fourth-order valence-electron chi connectivity index (χ4n) is 2.56. The highest BCUT2D eigenvalue weighted by molar-refractivity contribution is 7.98. The summed E-state index contributed by atoms with van der Waals surface area (Å²) in [5, 5.41) is 21.4. The SMILES string of the molecule is Nn1c(SCc2nnc(C(=O)NCc3ccccc3)s2)nnc1-c1ccc(Cl)cc1. The van der Waals surface area contributed by atoms with Crippen LogP contribution in [0.5, 0.6) is 0 Å². The van der Waals surface area contributed by atoms with Crippen LogP contribution in [0.15, 0.2) is 59.8 Å². The lowest BCUT2D eigenvalue weighted by Crippen LogP contribution is -2.22. The van der Waals surface area contributed by atoms with Crippen molar-refractivity contribution in [3.63, 3.8) is 0 Å². The molecule has 4 aromatic rings. The van der Waals surface area contributed by atoms with Crippen molar-refractivity contribution in [3.05, 3.63) is 75.2 Å². The fraction of sp³-hybridized carbons (Fsp3) is 0.105. The third kappa shape index (κ3) is 4.78. The van der Waals surface area contributed by atoms with Gasteiger partial charge < -0.3 is 11.2 Å². The molecule has 8 nitrogen and oxygen atoms in total. The van der Waals surface area contributed by atoms with E-state index in [1.807, 2.05) is 42.5 Å². The van der Waals surface area contributed by atoms with Gasteiger partial charge in [0.1, 0.15) is 5.01 Å². The van der Waals surface area contributed by atoms with Crippen LogP contribution in [0.4, 0.5) is 0 Å². The summed E-state index contributed by atoms with van der Waals surface area (Å²) in [6.45, 7) is 0.438. The van der Waals surface area contributed by atoms with Gasteiger partial charge in [0, 0.05) is 17.1 Å². The highest BCUT2D eigenvalue weighted by Crippen LogP contribution is 2.26. The van der Waals surface area contributed by atoms with E-state index >= 15 is 0 Å². The van der Waals surface area contributed by atoms with E-state index in [1.54, 1.807) is 12.1 Å². The second kappa shape index (κ2) is 9.24. The van der Waals surface area contributed by atoms with Gasteiger partial charge >= 0.3 is 0 Å². The Labute approximate surface area is 185 Å². The Morgan fingerprint density at radius 1 is 1.07 bits per heavy atom. The summed E-state index contributed by atoms with van der Waals surface area (Å²) in [6.07, 6.45) is 0. The van der Waals surface area contributed by atoms with Gasteiger partial charge in [-0.15, -0.1) is 20.4 Å². The molecular weight excluding hydrogens is 442 g/mol. The third-order valence-electron chi connectivity index (χ3n) is 4.05. The molecule has 0 fully saturated rings. The number of nitrogens with one attached hydrogen (secondary N) is 1. The standard InChI is InChI=1S/C19H16ClN7OS2/c20-14-8-6-13(7-9-14)16-24-26-19(27(16)21)29-11-15-23-25-18(30-15)17(28)22-10-12-4-2-1-3-5-12/h1-9H,10-11,21H2,(H,22,28). The molecule has 2 aromatic heterocycles. The van der Waals surface area contributed by atoms with E-state index in [2.05, 4.69) is 25.7 Å². The molecule has 0 unspecified atom stereocenters. The van der Waals surface area contributed by atoms with Crippen molar-refractivity contribution in [1.29, 1.82) is 0 Å². The summed E-state index contributed by atoms with van der Waals surface area (Å²) >= 11 is 8.52. The van der Waals surface area contributed by atoms with Gasteiger partial charge in [-0.05, 0) is 29.8 Å². The number of nitrogens with two attached hydrogens (primary N) is 1. The smallest absolute Gasteiger partial charge is 0.282 e. The van der Waals surface area contributed by atoms with E-state index in [4.69, 9.17) is 17.4 Å². The van der Waals surface area contributed by atoms with Crippen molar-refractivity contribution in [3.8, 4) is 11.4 Å². The number of halogens is 1. The number of amides is 1. The highest BCUT2D eigenvalue weighted by Gasteiger charge is 2.16. The molecule has 0 bridgehead atoms. The molecule has 30 heavy (non-hydrogen) atoms. The van der Waals surface area contributed by atoms with Gasteiger partial charge in [0.2, 0.25) is 10.2 Å². The van der Waals surface area contributed by atoms with Crippen LogP contribution in [0.25, 0.3) is 11.4 Å². The maximum absolute atomic E-state index is 12.3. The molecule has 0 aliphatic rings. The minimum absolute atomic E-state index is 0.250. The predicted octanol–water partition coefficient (Wildman–Crippen LogP) is 3.39. The predicted molar refractivity (Wildman–Crippen MR) is 118 cm³/mol. The zero-order valence-corrected chi connectivity index (χ0v) is 17.9. The Hall–Kier alpha value is -2.95. The average molecular weight is 458 g/mol. The minimum Gasteiger partial charge on any atom is -0.346 e. The van der Waals surface area contributed by atoms with E-state index in [0.29, 0.717) is 38.3 Å². The van der Waals surface area contributed by atoms with Gasteiger partial charge in [-0.3, -0.25) is 4.79 Å². The normalized spacial score (nSPS) is 10.8. The molecule has 0 saturated heterocycles. The number of thioether (sulfide) groups is 1. The van der Waals surface area contributed by atoms with Gasteiger partial charge in [0.15, 0.2) is 5.82 Å². The molecule has 0 aliphatic heterocycles. The topological polar surface area (TPSA) is 112 Å². The Morgan fingerprint density at radius 3 is 2.60 bits per heavy atom. The molecule has 2 aromatic carbocycles. The van der Waals surface area contributed by atoms with Gasteiger partial charge in [0.05, 0.1) is 5.75 Å². The lowest BCUT2D eigenvalue weighted by Gasteiger charge is -2.03. The van der Waals surface area contributed by atoms with Crippen molar-refractivity contribution in [2.75, 3.05) is 5.84 Å². The summed E-state index contributed by atoms with van der Waals surface area (Å²) in [5.41, 5.74) is 1.83. The Morgan fingerprint density at radius 2 is 1.83 bits per heavy atom. The van der Waals surface area contributed by atoms with Crippen LogP contribution in [0.1, 0.15) is 20.4 Å². The molecule has 2 heterocycles. The summed E-state index contributed by atoms with van der Waals surface area (Å²) < 4.78 is 1.42. The lowest BCUT2D eigenvalue weighted by atomic mass is 10.2. The molecule has 11 heteroatoms. The van der Waals surface area contributed by atoms with Gasteiger partial charge in [-0.1, -0.05) is 65.0 Å². The van der Waals surface area contributed by atoms with Crippen molar-refractivity contribution in [1.82, 2.24) is 30.4 Å². The van der Waals surface area contributed by atoms with Crippen molar-refractivity contribution in [2.24, 2.45) is 0 Å². The number of hydrogen-bond acceptors (Lipinski definition) is 8. The largest absolute Gasteiger partial charge is 0.346 e. The third-order valence-corrected chi connectivity index (χ3v) is 6.36. The van der Waals surface area contributed by atoms with Gasteiger partial charge in [0.25, 0.3) is 5.91 Å². The number of aromatic nitrogens is 5. The second-order valence-electron chi connectivity index (χ2n) is 6.14. The first-order valence-corrected chi connectivity index (χ1v) is 11.0. The number of benzene rings is 2. The number of nitrogens with zero attached hydrogens (tertiary/aromatic N) is 5. The van der Waals surface area contributed by atoms with E-state index in [1.165, 1.54) is 27.8 Å². The van der Waals surface area contributed by atoms with Crippen molar-refractivity contribution < 1.29 is 4.79 Å². The number of carbonyl (C=O) groups is 1. The van der Waals surface area contributed by atoms with E-state index in [0.717, 1.165) is 11.1 Å². The number of rotatable bonds is 7. The van der Waals surface area contributed by atoms with Crippen LogP contribution in [0.3, 0.4) is 0 Å².